The Labute approximate surface area is 123 Å². The second kappa shape index (κ2) is 92.6. The molecule has 0 fully saturated rings. The van der Waals surface area contributed by atoms with Gasteiger partial charge in [-0.25, -0.2) is 0 Å². The third-order valence-corrected chi connectivity index (χ3v) is 0. The molecule has 0 radical (unpaired) electrons. The Kier molecular flexibility index (Phi) is 1460. The van der Waals surface area contributed by atoms with Crippen LogP contribution in [0, 0.1) is 0 Å². The minimum Gasteiger partial charge on any atom is -0.107 e. The molecule has 8 heavy (non-hydrogen) atoms. The predicted octanol–water partition coefficient (Wildman–Crippen LogP) is 5.02. The van der Waals surface area contributed by atoms with E-state index >= 15 is 0 Å². The van der Waals surface area contributed by atoms with Gasteiger partial charge in [0.1, 0.15) is 0 Å². The van der Waals surface area contributed by atoms with E-state index in [1.54, 1.807) is 0 Å². The zero-order valence-electron chi connectivity index (χ0n) is 1.63. The van der Waals surface area contributed by atoms with E-state index < -0.39 is 0 Å². The fraction of sp³-hybridized carbons (Fsp3) is 1.00. The van der Waals surface area contributed by atoms with Gasteiger partial charge >= 0.3 is 0 Å². The first kappa shape index (κ1) is 126. The van der Waals surface area contributed by atoms with E-state index in [0.29, 0.717) is 0 Å². The first-order valence-electron chi connectivity index (χ1n) is 0. The van der Waals surface area contributed by atoms with E-state index in [1.165, 1.54) is 0 Å². The van der Waals surface area contributed by atoms with Gasteiger partial charge < -0.3 is 0 Å². The molecule has 0 aliphatic rings. The standard InChI is InChI=1S/4CH4.4HI/h4*1H4;4*1H. The normalized spacial score (nSPS) is 0. The summed E-state index contributed by atoms with van der Waals surface area (Å²) in [6.45, 7) is 0. The molecule has 0 heterocycles. The quantitative estimate of drug-likeness (QED) is 0.356. The fourth-order valence-electron chi connectivity index (χ4n) is 0. The molecule has 0 nitrogen and oxygen atoms in total. The second-order valence-corrected chi connectivity index (χ2v) is 0. The molecule has 0 saturated heterocycles. The van der Waals surface area contributed by atoms with Crippen LogP contribution in [-0.4, -0.2) is 0 Å². The number of rotatable bonds is 0. The molecule has 0 bridgehead atoms. The van der Waals surface area contributed by atoms with Gasteiger partial charge in [-0.3, -0.25) is 0 Å². The van der Waals surface area contributed by atoms with Crippen LogP contribution < -0.4 is 0 Å². The third kappa shape index (κ3) is 65.6. The molecule has 0 aromatic heterocycles. The summed E-state index contributed by atoms with van der Waals surface area (Å²) in [7, 11) is 0. The van der Waals surface area contributed by atoms with E-state index in [0.717, 1.165) is 0 Å². The van der Waals surface area contributed by atoms with Crippen LogP contribution >= 0.6 is 95.9 Å². The van der Waals surface area contributed by atoms with Crippen LogP contribution in [0.25, 0.3) is 0 Å². The number of hydrogen-bond donors (Lipinski definition) is 0. The van der Waals surface area contributed by atoms with Crippen molar-refractivity contribution in [2.45, 2.75) is 29.7 Å². The third-order valence-electron chi connectivity index (χ3n) is 0. The molecule has 0 atom stereocenters. The topological polar surface area (TPSA) is 0 Å². The van der Waals surface area contributed by atoms with Crippen molar-refractivity contribution in [1.29, 1.82) is 0 Å². The van der Waals surface area contributed by atoms with Crippen molar-refractivity contribution >= 4 is 95.9 Å². The van der Waals surface area contributed by atoms with Crippen molar-refractivity contribution in [2.24, 2.45) is 0 Å². The van der Waals surface area contributed by atoms with Crippen LogP contribution in [0.4, 0.5) is 0 Å². The largest absolute Gasteiger partial charge is 0.107 e. The lowest BCUT2D eigenvalue weighted by Crippen LogP contribution is 0.143. The van der Waals surface area contributed by atoms with Gasteiger partial charge in [0.25, 0.3) is 0 Å². The fourth-order valence-corrected chi connectivity index (χ4v) is 0. The summed E-state index contributed by atoms with van der Waals surface area (Å²) in [5.41, 5.74) is 0. The van der Waals surface area contributed by atoms with Crippen molar-refractivity contribution in [2.75, 3.05) is 0 Å². The summed E-state index contributed by atoms with van der Waals surface area (Å²) in [4.78, 5) is 0. The smallest absolute Gasteiger partial charge is 0.0776 e. The highest BCUT2D eigenvalue weighted by molar-refractivity contribution is 14.0. The predicted molar refractivity (Wildman–Crippen MR) is 88.6 cm³/mol. The van der Waals surface area contributed by atoms with Crippen molar-refractivity contribution in [1.82, 2.24) is 0 Å². The molecule has 0 aromatic carbocycles. The highest BCUT2D eigenvalue weighted by Gasteiger charge is -0.0740. The van der Waals surface area contributed by atoms with E-state index in [-0.39, 0.29) is 126 Å². The lowest BCUT2D eigenvalue weighted by Gasteiger charge is -0.108. The lowest BCUT2D eigenvalue weighted by atomic mass is 12.0. The van der Waals surface area contributed by atoms with E-state index in [1.807, 2.05) is 0 Å². The van der Waals surface area contributed by atoms with Gasteiger partial charge in [-0.2, -0.15) is 0 Å². The molecule has 64 valence electrons. The summed E-state index contributed by atoms with van der Waals surface area (Å²) < 4.78 is 0. The summed E-state index contributed by atoms with van der Waals surface area (Å²) in [6.07, 6.45) is 0. The maximum atomic E-state index is 0. The monoisotopic (exact) mass is 576 g/mol. The van der Waals surface area contributed by atoms with Gasteiger partial charge in [-0.1, -0.05) is 29.7 Å². The maximum Gasteiger partial charge on any atom is -0.0776 e. The Morgan fingerprint density at radius 2 is 0.250 bits per heavy atom. The molecule has 0 amide bonds. The van der Waals surface area contributed by atoms with Crippen LogP contribution in [0.15, 0.2) is 0 Å². The molecule has 0 saturated carbocycles. The van der Waals surface area contributed by atoms with E-state index in [9.17, 15) is 0 Å². The van der Waals surface area contributed by atoms with Crippen molar-refractivity contribution < 1.29 is 0 Å². The zero-order valence-corrected chi connectivity index (χ0v) is 11.0. The maximum absolute atomic E-state index is 0. The summed E-state index contributed by atoms with van der Waals surface area (Å²) in [5.74, 6) is 0. The SMILES string of the molecule is C.C.C.C.I.I.I.I. The molecule has 0 N–H and O–H groups in total. The molecule has 4 heteroatoms. The molecule has 0 rings (SSSR count). The summed E-state index contributed by atoms with van der Waals surface area (Å²) in [5, 5.41) is 0. The minimum absolute atomic E-state index is 0. The number of hydrogen-bond acceptors (Lipinski definition) is 0. The minimum atomic E-state index is 0. The second-order valence-electron chi connectivity index (χ2n) is 0. The van der Waals surface area contributed by atoms with Crippen molar-refractivity contribution in [3.63, 3.8) is 0 Å². The highest BCUT2D eigenvalue weighted by atomic mass is 127. The van der Waals surface area contributed by atoms with Crippen LogP contribution in [0.2, 0.25) is 0 Å². The first-order valence-corrected chi connectivity index (χ1v) is 0. The Balaban J connectivity index is 0. The first-order chi connectivity index (χ1) is 0. The Morgan fingerprint density at radius 1 is 0.250 bits per heavy atom. The summed E-state index contributed by atoms with van der Waals surface area (Å²) in [6, 6.07) is 0. The van der Waals surface area contributed by atoms with E-state index in [4.69, 9.17) is 0 Å². The van der Waals surface area contributed by atoms with Gasteiger partial charge in [-0.05, 0) is 0 Å². The van der Waals surface area contributed by atoms with Crippen LogP contribution in [-0.2, 0) is 0 Å². The van der Waals surface area contributed by atoms with Crippen LogP contribution in [0.1, 0.15) is 29.7 Å². The number of halogens is 4. The highest BCUT2D eigenvalue weighted by Crippen LogP contribution is 0.889. The average Bonchev–Trinajstić information content (AvgIpc) is 0. The molecular weight excluding hydrogens is 556 g/mol. The molecule has 0 aliphatic heterocycles. The average molecular weight is 576 g/mol. The van der Waals surface area contributed by atoms with E-state index in [2.05, 4.69) is 0 Å². The molecule has 0 aromatic rings. The Bertz CT molecular complexity index is 8.00. The molecular formula is C4H20I4. The Hall–Kier alpha value is 2.92. The van der Waals surface area contributed by atoms with Gasteiger partial charge in [0.2, 0.25) is 0 Å². The zero-order chi connectivity index (χ0) is 0. The van der Waals surface area contributed by atoms with Gasteiger partial charge in [0.05, 0.1) is 0 Å². The molecule has 0 aliphatic carbocycles. The molecule has 0 spiro atoms. The van der Waals surface area contributed by atoms with Gasteiger partial charge in [-0.15, -0.1) is 95.9 Å². The van der Waals surface area contributed by atoms with Crippen molar-refractivity contribution in [3.05, 3.63) is 0 Å². The Morgan fingerprint density at radius 3 is 0.250 bits per heavy atom. The summed E-state index contributed by atoms with van der Waals surface area (Å²) >= 11 is 0. The van der Waals surface area contributed by atoms with Crippen LogP contribution in [0.3, 0.4) is 0 Å². The van der Waals surface area contributed by atoms with Crippen LogP contribution in [0.5, 0.6) is 0 Å². The lowest BCUT2D eigenvalue weighted by molar-refractivity contribution is 2.50. The molecule has 0 unspecified atom stereocenters. The van der Waals surface area contributed by atoms with Gasteiger partial charge in [0, 0.05) is 0 Å². The van der Waals surface area contributed by atoms with Gasteiger partial charge in [0.15, 0.2) is 0 Å². The van der Waals surface area contributed by atoms with Crippen molar-refractivity contribution in [3.8, 4) is 0 Å².